The molecule has 3 aliphatic heterocycles. The smallest absolute Gasteiger partial charge is 0.138 e. The number of rotatable bonds is 15. The summed E-state index contributed by atoms with van der Waals surface area (Å²) in [5.74, 6) is 1.24. The third kappa shape index (κ3) is 47.6. The van der Waals surface area contributed by atoms with E-state index in [0.717, 1.165) is 58.3 Å². The number of carbonyl (C=O) groups excluding carboxylic acids is 3. The molecule has 0 aromatic heterocycles. The van der Waals surface area contributed by atoms with Gasteiger partial charge >= 0.3 is 0 Å². The average Bonchev–Trinajstić information content (AvgIpc) is 3.64. The normalized spacial score (nSPS) is 17.8. The lowest BCUT2D eigenvalue weighted by Crippen LogP contribution is -2.47. The minimum Gasteiger partial charge on any atom is -0.381 e. The van der Waals surface area contributed by atoms with E-state index in [1.54, 1.807) is 0 Å². The SMILES string of the molecule is CC(C)OC1(CC(=O)C(C)C)CCNC1.CC(C)OC1(CC(=O)C(C)C)CCNCC1.CC(C)OC1(CC(=O)C(C)C)CCOCC1.CCC.CCC.CCC.CCC.CCC.CCC. The van der Waals surface area contributed by atoms with Gasteiger partial charge in [-0.25, -0.2) is 0 Å². The summed E-state index contributed by atoms with van der Waals surface area (Å²) in [5.41, 5.74) is -0.718. The van der Waals surface area contributed by atoms with Gasteiger partial charge < -0.3 is 29.6 Å². The monoisotopic (exact) mass is 933 g/mol. The third-order valence-corrected chi connectivity index (χ3v) is 9.00. The van der Waals surface area contributed by atoms with Gasteiger partial charge in [0.15, 0.2) is 0 Å². The van der Waals surface area contributed by atoms with Gasteiger partial charge in [-0.1, -0.05) is 163 Å². The number of hydrogen-bond donors (Lipinski definition) is 2. The molecule has 0 aromatic rings. The summed E-state index contributed by atoms with van der Waals surface area (Å²) in [6, 6.07) is 0. The second kappa shape index (κ2) is 49.2. The van der Waals surface area contributed by atoms with Crippen molar-refractivity contribution in [1.82, 2.24) is 10.6 Å². The summed E-state index contributed by atoms with van der Waals surface area (Å²) in [6.45, 7) is 54.5. The van der Waals surface area contributed by atoms with E-state index in [-0.39, 0.29) is 52.9 Å². The first kappa shape index (κ1) is 75.3. The van der Waals surface area contributed by atoms with Gasteiger partial charge in [0.2, 0.25) is 0 Å². The average molecular weight is 934 g/mol. The first-order chi connectivity index (χ1) is 30.3. The highest BCUT2D eigenvalue weighted by Gasteiger charge is 2.39. The number of ether oxygens (including phenoxy) is 4. The maximum absolute atomic E-state index is 11.9. The van der Waals surface area contributed by atoms with Crippen LogP contribution in [0.4, 0.5) is 0 Å². The predicted molar refractivity (Wildman–Crippen MR) is 286 cm³/mol. The van der Waals surface area contributed by atoms with Crippen molar-refractivity contribution in [1.29, 1.82) is 0 Å². The molecule has 0 aliphatic carbocycles. The van der Waals surface area contributed by atoms with Crippen LogP contribution in [0.1, 0.15) is 256 Å². The second-order valence-electron chi connectivity index (χ2n) is 20.0. The highest BCUT2D eigenvalue weighted by Crippen LogP contribution is 2.32. The number of Topliss-reactive ketones (excluding diaryl/α,β-unsaturated/α-hetero) is 3. The summed E-state index contributed by atoms with van der Waals surface area (Å²) in [6.07, 6.45) is 14.2. The lowest BCUT2D eigenvalue weighted by Gasteiger charge is -2.39. The van der Waals surface area contributed by atoms with E-state index in [2.05, 4.69) is 93.7 Å². The number of hydrogen-bond acceptors (Lipinski definition) is 9. The van der Waals surface area contributed by atoms with Gasteiger partial charge in [0.25, 0.3) is 0 Å². The Morgan fingerprint density at radius 3 is 0.877 bits per heavy atom. The van der Waals surface area contributed by atoms with Gasteiger partial charge in [-0.3, -0.25) is 14.4 Å². The van der Waals surface area contributed by atoms with E-state index in [9.17, 15) is 14.4 Å². The Balaban J connectivity index is -0.000000169. The fourth-order valence-electron chi connectivity index (χ4n) is 6.38. The summed E-state index contributed by atoms with van der Waals surface area (Å²) >= 11 is 0. The lowest BCUT2D eigenvalue weighted by atomic mass is 9.84. The molecular weight excluding hydrogens is 813 g/mol. The van der Waals surface area contributed by atoms with Crippen LogP contribution in [0.15, 0.2) is 0 Å². The molecule has 0 amide bonds. The van der Waals surface area contributed by atoms with Gasteiger partial charge in [-0.2, -0.15) is 0 Å². The van der Waals surface area contributed by atoms with E-state index >= 15 is 0 Å². The van der Waals surface area contributed by atoms with Gasteiger partial charge in [-0.05, 0) is 80.4 Å². The Labute approximate surface area is 408 Å². The predicted octanol–water partition coefficient (Wildman–Crippen LogP) is 15.0. The molecule has 1 unspecified atom stereocenters. The van der Waals surface area contributed by atoms with Crippen molar-refractivity contribution < 1.29 is 33.3 Å². The van der Waals surface area contributed by atoms with Crippen LogP contribution >= 0.6 is 0 Å². The maximum atomic E-state index is 11.9. The fraction of sp³-hybridized carbons (Fsp3) is 0.946. The van der Waals surface area contributed by atoms with Crippen LogP contribution in [0.3, 0.4) is 0 Å². The molecule has 0 radical (unpaired) electrons. The highest BCUT2D eigenvalue weighted by atomic mass is 16.5. The molecule has 3 saturated heterocycles. The van der Waals surface area contributed by atoms with Crippen LogP contribution in [0.2, 0.25) is 0 Å². The molecule has 1 atom stereocenters. The zero-order chi connectivity index (χ0) is 52.1. The van der Waals surface area contributed by atoms with Crippen molar-refractivity contribution in [2.75, 3.05) is 39.4 Å². The molecule has 0 aromatic carbocycles. The van der Waals surface area contributed by atoms with Crippen molar-refractivity contribution in [3.8, 4) is 0 Å². The van der Waals surface area contributed by atoms with Crippen LogP contribution in [0, 0.1) is 17.8 Å². The lowest BCUT2D eigenvalue weighted by molar-refractivity contribution is -0.152. The number of carbonyl (C=O) groups is 3. The quantitative estimate of drug-likeness (QED) is 0.166. The van der Waals surface area contributed by atoms with Crippen molar-refractivity contribution in [2.24, 2.45) is 17.8 Å². The topological polar surface area (TPSA) is 112 Å². The molecule has 9 heteroatoms. The van der Waals surface area contributed by atoms with Crippen molar-refractivity contribution >= 4 is 17.3 Å². The zero-order valence-electron chi connectivity index (χ0n) is 48.5. The molecule has 9 nitrogen and oxygen atoms in total. The summed E-state index contributed by atoms with van der Waals surface area (Å²) in [7, 11) is 0. The van der Waals surface area contributed by atoms with Crippen LogP contribution in [0.25, 0.3) is 0 Å². The Kier molecular flexibility index (Phi) is 57.0. The zero-order valence-corrected chi connectivity index (χ0v) is 48.5. The van der Waals surface area contributed by atoms with Gasteiger partial charge in [0.05, 0.1) is 35.1 Å². The van der Waals surface area contributed by atoms with E-state index in [1.807, 2.05) is 83.1 Å². The van der Waals surface area contributed by atoms with E-state index in [4.69, 9.17) is 18.9 Å². The minimum atomic E-state index is -0.270. The second-order valence-corrected chi connectivity index (χ2v) is 20.0. The molecule has 0 spiro atoms. The van der Waals surface area contributed by atoms with Crippen molar-refractivity contribution in [3.05, 3.63) is 0 Å². The van der Waals surface area contributed by atoms with Crippen molar-refractivity contribution in [2.45, 2.75) is 291 Å². The Bertz CT molecular complexity index is 943. The molecule has 3 fully saturated rings. The molecule has 65 heavy (non-hydrogen) atoms. The largest absolute Gasteiger partial charge is 0.381 e. The van der Waals surface area contributed by atoms with Crippen LogP contribution in [0.5, 0.6) is 0 Å². The number of piperidine rings is 1. The minimum absolute atomic E-state index is 0.0930. The first-order valence-corrected chi connectivity index (χ1v) is 26.9. The molecule has 0 saturated carbocycles. The summed E-state index contributed by atoms with van der Waals surface area (Å²) in [4.78, 5) is 35.6. The molecule has 0 bridgehead atoms. The molecule has 3 rings (SSSR count). The van der Waals surface area contributed by atoms with E-state index in [0.29, 0.717) is 49.8 Å². The highest BCUT2D eigenvalue weighted by molar-refractivity contribution is 5.82. The Hall–Kier alpha value is -1.23. The molecule has 3 aliphatic rings. The van der Waals surface area contributed by atoms with Gasteiger partial charge in [-0.15, -0.1) is 0 Å². The van der Waals surface area contributed by atoms with Crippen LogP contribution < -0.4 is 10.6 Å². The number of nitrogens with one attached hydrogen (secondary N) is 2. The molecular formula is C56H120N2O7. The van der Waals surface area contributed by atoms with Crippen LogP contribution in [-0.4, -0.2) is 91.9 Å². The van der Waals surface area contributed by atoms with Gasteiger partial charge in [0.1, 0.15) is 17.3 Å². The first-order valence-electron chi connectivity index (χ1n) is 26.9. The Morgan fingerprint density at radius 1 is 0.400 bits per heavy atom. The molecule has 2 N–H and O–H groups in total. The third-order valence-electron chi connectivity index (χ3n) is 9.00. The molecule has 3 heterocycles. The van der Waals surface area contributed by atoms with Gasteiger partial charge in [0, 0.05) is 69.6 Å². The maximum Gasteiger partial charge on any atom is 0.138 e. The fourth-order valence-corrected chi connectivity index (χ4v) is 6.38. The van der Waals surface area contributed by atoms with E-state index in [1.165, 1.54) is 38.5 Å². The standard InChI is InChI=1S/C13H25NO2.C13H24O3.C12H23NO2.6C3H8/c1-10(2)12(15)9-13(16-11(3)4)5-7-14-8-6-13;1-10(2)12(14)9-13(16-11(3)4)5-7-15-8-6-13;1-9(2)11(14)7-12(15-10(3)4)5-6-13-8-12;6*1-3-2/h10-11,14H,5-9H2,1-4H3;10-11H,5-9H2,1-4H3;9-10,13H,5-8H2,1-4H3;6*3H2,1-2H3. The summed E-state index contributed by atoms with van der Waals surface area (Å²) in [5, 5.41) is 6.61. The molecule has 396 valence electrons. The number of ketones is 3. The van der Waals surface area contributed by atoms with Crippen LogP contribution in [-0.2, 0) is 33.3 Å². The summed E-state index contributed by atoms with van der Waals surface area (Å²) < 4.78 is 23.3. The van der Waals surface area contributed by atoms with Crippen molar-refractivity contribution in [3.63, 3.8) is 0 Å². The van der Waals surface area contributed by atoms with E-state index < -0.39 is 0 Å². The Morgan fingerprint density at radius 2 is 0.631 bits per heavy atom.